The topological polar surface area (TPSA) is 99.7 Å². The Balaban J connectivity index is 2.17. The number of oxime groups is 1. The van der Waals surface area contributed by atoms with E-state index in [1.54, 1.807) is 0 Å². The van der Waals surface area contributed by atoms with Gasteiger partial charge in [-0.2, -0.15) is 0 Å². The fraction of sp³-hybridized carbons (Fsp3) is 0.846. The fourth-order valence-electron chi connectivity index (χ4n) is 1.76. The van der Waals surface area contributed by atoms with Crippen LogP contribution in [0.1, 0.15) is 46.5 Å². The van der Waals surface area contributed by atoms with Gasteiger partial charge in [0.15, 0.2) is 0 Å². The zero-order valence-electron chi connectivity index (χ0n) is 12.1. The van der Waals surface area contributed by atoms with Gasteiger partial charge in [-0.1, -0.05) is 19.0 Å². The summed E-state index contributed by atoms with van der Waals surface area (Å²) in [4.78, 5) is 11.7. The number of carbonyl (C=O) groups excluding carboxylic acids is 1. The second kappa shape index (κ2) is 6.75. The number of amidine groups is 1. The van der Waals surface area contributed by atoms with Crippen molar-refractivity contribution in [3.8, 4) is 0 Å². The van der Waals surface area contributed by atoms with Crippen LogP contribution in [0.25, 0.3) is 0 Å². The summed E-state index contributed by atoms with van der Waals surface area (Å²) >= 11 is 0. The molecule has 1 aliphatic rings. The van der Waals surface area contributed by atoms with Crippen molar-refractivity contribution >= 4 is 11.7 Å². The summed E-state index contributed by atoms with van der Waals surface area (Å²) in [6.45, 7) is 6.48. The van der Waals surface area contributed by atoms with Crippen LogP contribution in [0.4, 0.5) is 0 Å². The molecule has 6 heteroatoms. The molecule has 1 saturated carbocycles. The lowest BCUT2D eigenvalue weighted by atomic mass is 9.86. The van der Waals surface area contributed by atoms with Crippen LogP contribution in [-0.2, 0) is 4.79 Å². The molecule has 5 N–H and O–H groups in total. The van der Waals surface area contributed by atoms with Crippen molar-refractivity contribution in [2.75, 3.05) is 6.54 Å². The summed E-state index contributed by atoms with van der Waals surface area (Å²) in [6, 6.07) is 0.226. The summed E-state index contributed by atoms with van der Waals surface area (Å²) in [5, 5.41) is 17.9. The number of hydrogen-bond acceptors (Lipinski definition) is 4. The second-order valence-electron chi connectivity index (χ2n) is 5.93. The molecule has 1 rings (SSSR count). The number of nitrogens with two attached hydrogens (primary N) is 1. The van der Waals surface area contributed by atoms with E-state index in [1.165, 1.54) is 0 Å². The van der Waals surface area contributed by atoms with E-state index in [2.05, 4.69) is 15.8 Å². The van der Waals surface area contributed by atoms with Gasteiger partial charge in [-0.15, -0.1) is 0 Å². The minimum absolute atomic E-state index is 0.0678. The van der Waals surface area contributed by atoms with Gasteiger partial charge in [0.05, 0.1) is 6.04 Å². The summed E-state index contributed by atoms with van der Waals surface area (Å²) in [5.41, 5.74) is 5.29. The van der Waals surface area contributed by atoms with Gasteiger partial charge in [0.2, 0.25) is 5.91 Å². The Morgan fingerprint density at radius 3 is 2.68 bits per heavy atom. The Bertz CT molecular complexity index is 338. The monoisotopic (exact) mass is 270 g/mol. The van der Waals surface area contributed by atoms with Crippen molar-refractivity contribution in [3.63, 3.8) is 0 Å². The standard InChI is InChI=1S/C13H26N4O2/c1-9(11(18)16-10-5-6-10)15-8-4-7-13(2,3)12(14)17-19/h9-10,15,19H,4-8H2,1-3H3,(H2,14,17)(H,16,18). The molecule has 19 heavy (non-hydrogen) atoms. The quantitative estimate of drug-likeness (QED) is 0.172. The van der Waals surface area contributed by atoms with Gasteiger partial charge in [0.25, 0.3) is 0 Å². The molecule has 1 fully saturated rings. The first-order valence-corrected chi connectivity index (χ1v) is 6.88. The number of amides is 1. The Morgan fingerprint density at radius 1 is 1.53 bits per heavy atom. The highest BCUT2D eigenvalue weighted by Gasteiger charge is 2.26. The van der Waals surface area contributed by atoms with Crippen LogP contribution >= 0.6 is 0 Å². The normalized spacial score (nSPS) is 18.2. The van der Waals surface area contributed by atoms with E-state index in [0.29, 0.717) is 6.04 Å². The molecule has 1 amide bonds. The van der Waals surface area contributed by atoms with Crippen LogP contribution in [-0.4, -0.2) is 35.6 Å². The zero-order chi connectivity index (χ0) is 14.5. The molecule has 1 unspecified atom stereocenters. The van der Waals surface area contributed by atoms with Gasteiger partial charge in [0, 0.05) is 11.5 Å². The molecule has 0 bridgehead atoms. The summed E-state index contributed by atoms with van der Waals surface area (Å²) in [6.07, 6.45) is 3.87. The molecule has 0 aromatic carbocycles. The van der Waals surface area contributed by atoms with E-state index < -0.39 is 0 Å². The molecular weight excluding hydrogens is 244 g/mol. The van der Waals surface area contributed by atoms with Crippen molar-refractivity contribution in [3.05, 3.63) is 0 Å². The SMILES string of the molecule is CC(NCCCC(C)(C)C(N)=NO)C(=O)NC1CC1. The molecule has 0 heterocycles. The summed E-state index contributed by atoms with van der Waals surface area (Å²) in [7, 11) is 0. The first-order chi connectivity index (χ1) is 8.86. The van der Waals surface area contributed by atoms with Crippen molar-refractivity contribution in [1.29, 1.82) is 0 Å². The lowest BCUT2D eigenvalue weighted by Crippen LogP contribution is -2.43. The molecule has 0 aromatic heterocycles. The van der Waals surface area contributed by atoms with E-state index in [9.17, 15) is 4.79 Å². The van der Waals surface area contributed by atoms with Crippen molar-refractivity contribution in [2.24, 2.45) is 16.3 Å². The van der Waals surface area contributed by atoms with Crippen LogP contribution in [0.2, 0.25) is 0 Å². The number of nitrogens with one attached hydrogen (secondary N) is 2. The van der Waals surface area contributed by atoms with Crippen LogP contribution < -0.4 is 16.4 Å². The van der Waals surface area contributed by atoms with E-state index in [4.69, 9.17) is 10.9 Å². The lowest BCUT2D eigenvalue weighted by molar-refractivity contribution is -0.122. The summed E-state index contributed by atoms with van der Waals surface area (Å²) in [5.74, 6) is 0.310. The molecule has 6 nitrogen and oxygen atoms in total. The maximum atomic E-state index is 11.7. The van der Waals surface area contributed by atoms with Crippen molar-refractivity contribution in [1.82, 2.24) is 10.6 Å². The van der Waals surface area contributed by atoms with Crippen LogP contribution in [0.3, 0.4) is 0 Å². The lowest BCUT2D eigenvalue weighted by Gasteiger charge is -2.23. The highest BCUT2D eigenvalue weighted by molar-refractivity contribution is 5.85. The van der Waals surface area contributed by atoms with E-state index in [-0.39, 0.29) is 23.2 Å². The Hall–Kier alpha value is -1.30. The maximum absolute atomic E-state index is 11.7. The van der Waals surface area contributed by atoms with Crippen molar-refractivity contribution < 1.29 is 10.0 Å². The van der Waals surface area contributed by atoms with Gasteiger partial charge < -0.3 is 21.6 Å². The molecular formula is C13H26N4O2. The third-order valence-corrected chi connectivity index (χ3v) is 3.55. The predicted octanol–water partition coefficient (Wildman–Crippen LogP) is 0.796. The first kappa shape index (κ1) is 15.8. The first-order valence-electron chi connectivity index (χ1n) is 6.88. The third-order valence-electron chi connectivity index (χ3n) is 3.55. The van der Waals surface area contributed by atoms with E-state index >= 15 is 0 Å². The Kier molecular flexibility index (Phi) is 5.60. The predicted molar refractivity (Wildman–Crippen MR) is 75.1 cm³/mol. The second-order valence-corrected chi connectivity index (χ2v) is 5.93. The molecule has 0 aliphatic heterocycles. The number of carbonyl (C=O) groups is 1. The van der Waals surface area contributed by atoms with Gasteiger partial charge in [-0.3, -0.25) is 4.79 Å². The highest BCUT2D eigenvalue weighted by Crippen LogP contribution is 2.22. The Morgan fingerprint density at radius 2 is 2.16 bits per heavy atom. The minimum Gasteiger partial charge on any atom is -0.409 e. The molecule has 110 valence electrons. The molecule has 1 atom stereocenters. The maximum Gasteiger partial charge on any atom is 0.237 e. The molecule has 0 radical (unpaired) electrons. The number of nitrogens with zero attached hydrogens (tertiary/aromatic N) is 1. The summed E-state index contributed by atoms with van der Waals surface area (Å²) < 4.78 is 0. The van der Waals surface area contributed by atoms with Gasteiger partial charge in [0.1, 0.15) is 5.84 Å². The number of rotatable bonds is 8. The molecule has 1 aliphatic carbocycles. The van der Waals surface area contributed by atoms with Crippen LogP contribution in [0.5, 0.6) is 0 Å². The largest absolute Gasteiger partial charge is 0.409 e. The van der Waals surface area contributed by atoms with Gasteiger partial charge in [-0.05, 0) is 39.2 Å². The highest BCUT2D eigenvalue weighted by atomic mass is 16.4. The van der Waals surface area contributed by atoms with E-state index in [1.807, 2.05) is 20.8 Å². The molecule has 0 spiro atoms. The molecule has 0 aromatic rings. The number of hydrogen-bond donors (Lipinski definition) is 4. The average Bonchev–Trinajstić information content (AvgIpc) is 3.16. The van der Waals surface area contributed by atoms with Gasteiger partial charge in [-0.25, -0.2) is 0 Å². The third kappa shape index (κ3) is 5.46. The average molecular weight is 270 g/mol. The zero-order valence-corrected chi connectivity index (χ0v) is 12.1. The minimum atomic E-state index is -0.323. The van der Waals surface area contributed by atoms with Crippen LogP contribution in [0, 0.1) is 5.41 Å². The van der Waals surface area contributed by atoms with E-state index in [0.717, 1.165) is 32.2 Å². The Labute approximate surface area is 114 Å². The van der Waals surface area contributed by atoms with Crippen molar-refractivity contribution in [2.45, 2.75) is 58.5 Å². The smallest absolute Gasteiger partial charge is 0.237 e. The fourth-order valence-corrected chi connectivity index (χ4v) is 1.76. The van der Waals surface area contributed by atoms with Gasteiger partial charge >= 0.3 is 0 Å². The van der Waals surface area contributed by atoms with Crippen LogP contribution in [0.15, 0.2) is 5.16 Å². The molecule has 0 saturated heterocycles.